The normalized spacial score (nSPS) is 17.4. The third kappa shape index (κ3) is 5.85. The smallest absolute Gasteiger partial charge is 0.317 e. The summed E-state index contributed by atoms with van der Waals surface area (Å²) in [5.41, 5.74) is 3.11. The van der Waals surface area contributed by atoms with Crippen molar-refractivity contribution in [3.63, 3.8) is 0 Å². The van der Waals surface area contributed by atoms with Gasteiger partial charge in [-0.2, -0.15) is 0 Å². The first-order chi connectivity index (χ1) is 15.2. The van der Waals surface area contributed by atoms with Crippen molar-refractivity contribution in [1.29, 1.82) is 0 Å². The molecule has 6 heteroatoms. The van der Waals surface area contributed by atoms with Crippen molar-refractivity contribution in [3.05, 3.63) is 71.3 Å². The molecule has 2 aliphatic heterocycles. The fraction of sp³-hybridized carbons (Fsp3) is 0.440. The number of morpholine rings is 1. The van der Waals surface area contributed by atoms with Gasteiger partial charge in [-0.15, -0.1) is 0 Å². The van der Waals surface area contributed by atoms with Crippen molar-refractivity contribution < 1.29 is 14.3 Å². The molecule has 0 aromatic heterocycles. The van der Waals surface area contributed by atoms with Crippen molar-refractivity contribution in [3.8, 4) is 0 Å². The van der Waals surface area contributed by atoms with Crippen molar-refractivity contribution >= 4 is 11.9 Å². The Bertz CT molecular complexity index is 855. The van der Waals surface area contributed by atoms with Gasteiger partial charge in [0.15, 0.2) is 0 Å². The van der Waals surface area contributed by atoms with Crippen LogP contribution in [0, 0.1) is 5.92 Å². The quantitative estimate of drug-likeness (QED) is 0.806. The topological polar surface area (TPSA) is 61.9 Å². The van der Waals surface area contributed by atoms with E-state index in [1.54, 1.807) is 0 Å². The molecule has 2 aliphatic rings. The van der Waals surface area contributed by atoms with Gasteiger partial charge in [-0.25, -0.2) is 4.79 Å². The summed E-state index contributed by atoms with van der Waals surface area (Å²) in [5.74, 6) is 0.656. The van der Waals surface area contributed by atoms with Crippen LogP contribution in [0.15, 0.2) is 54.6 Å². The molecular formula is C25H31N3O3. The average molecular weight is 422 g/mol. The number of benzene rings is 2. The summed E-state index contributed by atoms with van der Waals surface area (Å²) >= 11 is 0. The minimum atomic E-state index is 0.0216. The van der Waals surface area contributed by atoms with Crippen LogP contribution in [0.25, 0.3) is 0 Å². The Morgan fingerprint density at radius 1 is 0.839 bits per heavy atom. The van der Waals surface area contributed by atoms with Crippen LogP contribution >= 0.6 is 0 Å². The van der Waals surface area contributed by atoms with E-state index in [0.717, 1.165) is 43.5 Å². The number of urea groups is 1. The number of nitrogens with one attached hydrogen (secondary N) is 1. The van der Waals surface area contributed by atoms with E-state index in [-0.39, 0.29) is 11.9 Å². The van der Waals surface area contributed by atoms with Crippen LogP contribution in [0.4, 0.5) is 4.79 Å². The fourth-order valence-electron chi connectivity index (χ4n) is 4.29. The largest absolute Gasteiger partial charge is 0.378 e. The summed E-state index contributed by atoms with van der Waals surface area (Å²) in [6, 6.07) is 18.0. The van der Waals surface area contributed by atoms with E-state index in [1.165, 1.54) is 5.56 Å². The van der Waals surface area contributed by atoms with Crippen LogP contribution in [0.1, 0.15) is 34.3 Å². The highest BCUT2D eigenvalue weighted by atomic mass is 16.5. The van der Waals surface area contributed by atoms with E-state index in [0.29, 0.717) is 38.8 Å². The molecule has 3 amide bonds. The number of nitrogens with zero attached hydrogens (tertiary/aromatic N) is 2. The molecule has 2 fully saturated rings. The molecule has 164 valence electrons. The van der Waals surface area contributed by atoms with Crippen LogP contribution in [0.3, 0.4) is 0 Å². The van der Waals surface area contributed by atoms with Crippen LogP contribution < -0.4 is 5.32 Å². The average Bonchev–Trinajstić information content (AvgIpc) is 2.84. The third-order valence-corrected chi connectivity index (χ3v) is 6.21. The molecule has 6 nitrogen and oxygen atoms in total. The molecule has 2 heterocycles. The summed E-state index contributed by atoms with van der Waals surface area (Å²) in [4.78, 5) is 28.8. The lowest BCUT2D eigenvalue weighted by Gasteiger charge is -2.32. The molecule has 0 atom stereocenters. The highest BCUT2D eigenvalue weighted by Gasteiger charge is 2.23. The van der Waals surface area contributed by atoms with Gasteiger partial charge in [-0.3, -0.25) is 4.79 Å². The Balaban J connectivity index is 1.21. The Hall–Kier alpha value is -2.86. The number of ether oxygens (including phenoxy) is 1. The molecule has 2 aromatic rings. The lowest BCUT2D eigenvalue weighted by Crippen LogP contribution is -2.44. The second-order valence-corrected chi connectivity index (χ2v) is 8.38. The Kier molecular flexibility index (Phi) is 7.20. The number of hydrogen-bond acceptors (Lipinski definition) is 3. The van der Waals surface area contributed by atoms with Crippen molar-refractivity contribution in [2.75, 3.05) is 39.4 Å². The van der Waals surface area contributed by atoms with Crippen LogP contribution in [-0.4, -0.2) is 61.1 Å². The molecule has 0 bridgehead atoms. The zero-order valence-electron chi connectivity index (χ0n) is 18.0. The monoisotopic (exact) mass is 421 g/mol. The van der Waals surface area contributed by atoms with Crippen LogP contribution in [-0.2, 0) is 17.7 Å². The summed E-state index contributed by atoms with van der Waals surface area (Å²) in [5, 5.41) is 3.02. The van der Waals surface area contributed by atoms with E-state index in [2.05, 4.69) is 17.4 Å². The molecule has 0 saturated carbocycles. The van der Waals surface area contributed by atoms with E-state index in [4.69, 9.17) is 4.74 Å². The zero-order valence-corrected chi connectivity index (χ0v) is 18.0. The number of carbonyl (C=O) groups is 2. The zero-order chi connectivity index (χ0) is 21.5. The number of carbonyl (C=O) groups excluding carboxylic acids is 2. The first kappa shape index (κ1) is 21.4. The number of hydrogen-bond donors (Lipinski definition) is 1. The Morgan fingerprint density at radius 3 is 2.19 bits per heavy atom. The summed E-state index contributed by atoms with van der Waals surface area (Å²) < 4.78 is 5.32. The SMILES string of the molecule is O=C(NCc1ccccc1)N1CCC(Cc2ccc(C(=O)N3CCOCC3)cc2)CC1. The molecule has 1 N–H and O–H groups in total. The first-order valence-corrected chi connectivity index (χ1v) is 11.2. The van der Waals surface area contributed by atoms with Gasteiger partial charge in [0, 0.05) is 38.3 Å². The van der Waals surface area contributed by atoms with Gasteiger partial charge in [-0.05, 0) is 48.4 Å². The standard InChI is InChI=1S/C25H31N3O3/c29-24(27-14-16-31-17-15-27)23-8-6-20(7-9-23)18-21-10-12-28(13-11-21)25(30)26-19-22-4-2-1-3-5-22/h1-9,21H,10-19H2,(H,26,30). The maximum Gasteiger partial charge on any atom is 0.317 e. The molecule has 0 spiro atoms. The minimum absolute atomic E-state index is 0.0216. The van der Waals surface area contributed by atoms with E-state index in [1.807, 2.05) is 52.3 Å². The van der Waals surface area contributed by atoms with E-state index < -0.39 is 0 Å². The highest BCUT2D eigenvalue weighted by molar-refractivity contribution is 5.94. The van der Waals surface area contributed by atoms with Crippen molar-refractivity contribution in [1.82, 2.24) is 15.1 Å². The third-order valence-electron chi connectivity index (χ3n) is 6.21. The molecule has 4 rings (SSSR count). The van der Waals surface area contributed by atoms with Crippen LogP contribution in [0.5, 0.6) is 0 Å². The predicted molar refractivity (Wildman–Crippen MR) is 120 cm³/mol. The highest BCUT2D eigenvalue weighted by Crippen LogP contribution is 2.22. The minimum Gasteiger partial charge on any atom is -0.378 e. The van der Waals surface area contributed by atoms with Gasteiger partial charge >= 0.3 is 6.03 Å². The maximum absolute atomic E-state index is 12.6. The molecule has 2 aromatic carbocycles. The van der Waals surface area contributed by atoms with Gasteiger partial charge in [0.05, 0.1) is 13.2 Å². The Labute approximate surface area is 184 Å². The fourth-order valence-corrected chi connectivity index (χ4v) is 4.29. The molecule has 0 aliphatic carbocycles. The summed E-state index contributed by atoms with van der Waals surface area (Å²) in [6.45, 7) is 4.71. The van der Waals surface area contributed by atoms with Gasteiger partial charge in [-0.1, -0.05) is 42.5 Å². The number of rotatable bonds is 5. The second-order valence-electron chi connectivity index (χ2n) is 8.38. The predicted octanol–water partition coefficient (Wildman–Crippen LogP) is 3.32. The van der Waals surface area contributed by atoms with Crippen LogP contribution in [0.2, 0.25) is 0 Å². The molecular weight excluding hydrogens is 390 g/mol. The van der Waals surface area contributed by atoms with Gasteiger partial charge in [0.25, 0.3) is 5.91 Å². The molecule has 0 radical (unpaired) electrons. The number of likely N-dealkylation sites (tertiary alicyclic amines) is 1. The summed E-state index contributed by atoms with van der Waals surface area (Å²) in [7, 11) is 0. The Morgan fingerprint density at radius 2 is 1.52 bits per heavy atom. The summed E-state index contributed by atoms with van der Waals surface area (Å²) in [6.07, 6.45) is 3.01. The number of amides is 3. The van der Waals surface area contributed by atoms with Gasteiger partial charge in [0.2, 0.25) is 0 Å². The second kappa shape index (κ2) is 10.4. The molecule has 2 saturated heterocycles. The first-order valence-electron chi connectivity index (χ1n) is 11.2. The maximum atomic E-state index is 12.6. The van der Waals surface area contributed by atoms with E-state index in [9.17, 15) is 9.59 Å². The molecule has 31 heavy (non-hydrogen) atoms. The lowest BCUT2D eigenvalue weighted by molar-refractivity contribution is 0.0303. The van der Waals surface area contributed by atoms with Crippen molar-refractivity contribution in [2.45, 2.75) is 25.8 Å². The number of piperidine rings is 1. The van der Waals surface area contributed by atoms with Gasteiger partial charge < -0.3 is 19.9 Å². The lowest BCUT2D eigenvalue weighted by atomic mass is 9.90. The molecule has 0 unspecified atom stereocenters. The van der Waals surface area contributed by atoms with E-state index >= 15 is 0 Å². The van der Waals surface area contributed by atoms with Gasteiger partial charge in [0.1, 0.15) is 0 Å². The van der Waals surface area contributed by atoms with Crippen molar-refractivity contribution in [2.24, 2.45) is 5.92 Å².